The lowest BCUT2D eigenvalue weighted by molar-refractivity contribution is 0.0778. The molecular weight excluding hydrogens is 206 g/mol. The third-order valence-corrected chi connectivity index (χ3v) is 4.56. The van der Waals surface area contributed by atoms with Gasteiger partial charge in [-0.3, -0.25) is 0 Å². The van der Waals surface area contributed by atoms with Gasteiger partial charge in [0.2, 0.25) is 0 Å². The molecule has 0 amide bonds. The fraction of sp³-hybridized carbons (Fsp3) is 0.750. The Bertz CT molecular complexity index is 315. The Hall–Kier alpha value is -0.410. The first-order valence-corrected chi connectivity index (χ1v) is 6.64. The molecule has 1 saturated carbocycles. The van der Waals surface area contributed by atoms with Gasteiger partial charge in [0.05, 0.1) is 22.2 Å². The van der Waals surface area contributed by atoms with Gasteiger partial charge in [0.1, 0.15) is 0 Å². The van der Waals surface area contributed by atoms with Crippen LogP contribution < -0.4 is 0 Å². The highest BCUT2D eigenvalue weighted by atomic mass is 32.1. The number of thiazole rings is 1. The largest absolute Gasteiger partial charge is 0.387 e. The van der Waals surface area contributed by atoms with Gasteiger partial charge >= 0.3 is 0 Å². The summed E-state index contributed by atoms with van der Waals surface area (Å²) in [5.41, 5.74) is 2.84. The van der Waals surface area contributed by atoms with Gasteiger partial charge in [-0.15, -0.1) is 11.3 Å². The molecule has 1 fully saturated rings. The molecule has 0 saturated heterocycles. The van der Waals surface area contributed by atoms with Crippen LogP contribution >= 0.6 is 11.3 Å². The van der Waals surface area contributed by atoms with Crippen molar-refractivity contribution in [2.24, 2.45) is 11.8 Å². The molecule has 1 atom stereocenters. The molecule has 1 aromatic heterocycles. The number of aryl methyl sites for hydroxylation is 1. The van der Waals surface area contributed by atoms with Crippen LogP contribution in [0.2, 0.25) is 0 Å². The summed E-state index contributed by atoms with van der Waals surface area (Å²) in [5, 5.41) is 10.3. The summed E-state index contributed by atoms with van der Waals surface area (Å²) in [6.45, 7) is 4.29. The van der Waals surface area contributed by atoms with Crippen molar-refractivity contribution >= 4 is 11.3 Å². The smallest absolute Gasteiger partial charge is 0.0928 e. The van der Waals surface area contributed by atoms with Crippen molar-refractivity contribution in [1.29, 1.82) is 0 Å². The molecule has 0 bridgehead atoms. The molecule has 2 nitrogen and oxygen atoms in total. The predicted octanol–water partition coefficient (Wildman–Crippen LogP) is 3.31. The van der Waals surface area contributed by atoms with Gasteiger partial charge in [-0.2, -0.15) is 0 Å². The Morgan fingerprint density at radius 2 is 2.07 bits per heavy atom. The van der Waals surface area contributed by atoms with Gasteiger partial charge < -0.3 is 5.11 Å². The second-order valence-corrected chi connectivity index (χ2v) is 5.65. The second-order valence-electron chi connectivity index (χ2n) is 4.77. The number of hydrogen-bond donors (Lipinski definition) is 1. The van der Waals surface area contributed by atoms with Crippen LogP contribution in [0.3, 0.4) is 0 Å². The Morgan fingerprint density at radius 3 is 2.60 bits per heavy atom. The van der Waals surface area contributed by atoms with Crippen molar-refractivity contribution in [1.82, 2.24) is 4.98 Å². The van der Waals surface area contributed by atoms with Gasteiger partial charge in [-0.25, -0.2) is 4.98 Å². The standard InChI is InChI=1S/C12H19NOS/c1-8-3-5-10(6-4-8)11(14)12-9(2)13-7-15-12/h7-8,10-11,14H,3-6H2,1-2H3. The molecule has 1 heterocycles. The van der Waals surface area contributed by atoms with Gasteiger partial charge in [-0.1, -0.05) is 19.8 Å². The van der Waals surface area contributed by atoms with Crippen molar-refractivity contribution in [2.45, 2.75) is 45.6 Å². The zero-order valence-electron chi connectivity index (χ0n) is 9.44. The summed E-state index contributed by atoms with van der Waals surface area (Å²) in [7, 11) is 0. The van der Waals surface area contributed by atoms with Gasteiger partial charge in [0, 0.05) is 0 Å². The third kappa shape index (κ3) is 2.40. The molecule has 3 heteroatoms. The predicted molar refractivity (Wildman–Crippen MR) is 62.9 cm³/mol. The lowest BCUT2D eigenvalue weighted by atomic mass is 9.80. The van der Waals surface area contributed by atoms with E-state index in [-0.39, 0.29) is 6.10 Å². The number of rotatable bonds is 2. The molecule has 0 radical (unpaired) electrons. The third-order valence-electron chi connectivity index (χ3n) is 3.56. The molecule has 0 aliphatic heterocycles. The van der Waals surface area contributed by atoms with Crippen LogP contribution in [0.5, 0.6) is 0 Å². The van der Waals surface area contributed by atoms with Crippen LogP contribution in [0.1, 0.15) is 49.3 Å². The zero-order valence-corrected chi connectivity index (χ0v) is 10.3. The van der Waals surface area contributed by atoms with E-state index >= 15 is 0 Å². The van der Waals surface area contributed by atoms with E-state index in [9.17, 15) is 5.11 Å². The molecule has 84 valence electrons. The molecule has 1 unspecified atom stereocenters. The van der Waals surface area contributed by atoms with E-state index < -0.39 is 0 Å². The van der Waals surface area contributed by atoms with E-state index in [0.717, 1.165) is 16.5 Å². The van der Waals surface area contributed by atoms with Crippen LogP contribution in [0, 0.1) is 18.8 Å². The Kier molecular flexibility index (Phi) is 3.42. The molecular formula is C12H19NOS. The van der Waals surface area contributed by atoms with E-state index in [4.69, 9.17) is 0 Å². The zero-order chi connectivity index (χ0) is 10.8. The highest BCUT2D eigenvalue weighted by molar-refractivity contribution is 7.09. The first kappa shape index (κ1) is 11.1. The first-order chi connectivity index (χ1) is 7.18. The van der Waals surface area contributed by atoms with Crippen LogP contribution in [0.25, 0.3) is 0 Å². The van der Waals surface area contributed by atoms with Gasteiger partial charge in [0.15, 0.2) is 0 Å². The van der Waals surface area contributed by atoms with E-state index in [1.165, 1.54) is 25.7 Å². The monoisotopic (exact) mass is 225 g/mol. The number of aliphatic hydroxyl groups is 1. The maximum Gasteiger partial charge on any atom is 0.0928 e. The lowest BCUT2D eigenvalue weighted by Crippen LogP contribution is -2.19. The second kappa shape index (κ2) is 4.62. The summed E-state index contributed by atoms with van der Waals surface area (Å²) in [6.07, 6.45) is 4.59. The SMILES string of the molecule is Cc1ncsc1C(O)C1CCC(C)CC1. The highest BCUT2D eigenvalue weighted by Gasteiger charge is 2.27. The minimum atomic E-state index is -0.273. The fourth-order valence-electron chi connectivity index (χ4n) is 2.41. The molecule has 1 aromatic rings. The van der Waals surface area contributed by atoms with E-state index in [1.807, 2.05) is 12.4 Å². The molecule has 1 N–H and O–H groups in total. The van der Waals surface area contributed by atoms with Gasteiger partial charge in [-0.05, 0) is 31.6 Å². The average molecular weight is 225 g/mol. The molecule has 1 aliphatic carbocycles. The molecule has 1 aliphatic rings. The maximum absolute atomic E-state index is 10.3. The minimum absolute atomic E-state index is 0.273. The van der Waals surface area contributed by atoms with Crippen LogP contribution in [-0.4, -0.2) is 10.1 Å². The Morgan fingerprint density at radius 1 is 1.40 bits per heavy atom. The lowest BCUT2D eigenvalue weighted by Gasteiger charge is -2.29. The average Bonchev–Trinajstić information content (AvgIpc) is 2.65. The number of aliphatic hydroxyl groups excluding tert-OH is 1. The van der Waals surface area contributed by atoms with Crippen molar-refractivity contribution in [3.8, 4) is 0 Å². The topological polar surface area (TPSA) is 33.1 Å². The van der Waals surface area contributed by atoms with Gasteiger partial charge in [0.25, 0.3) is 0 Å². The Labute approximate surface area is 95.4 Å². The number of hydrogen-bond acceptors (Lipinski definition) is 3. The molecule has 0 spiro atoms. The summed E-state index contributed by atoms with van der Waals surface area (Å²) in [6, 6.07) is 0. The van der Waals surface area contributed by atoms with Crippen LogP contribution in [0.4, 0.5) is 0 Å². The normalized spacial score (nSPS) is 29.0. The summed E-state index contributed by atoms with van der Waals surface area (Å²) >= 11 is 1.59. The minimum Gasteiger partial charge on any atom is -0.387 e. The molecule has 2 rings (SSSR count). The van der Waals surface area contributed by atoms with E-state index in [1.54, 1.807) is 11.3 Å². The molecule has 0 aromatic carbocycles. The van der Waals surface area contributed by atoms with Crippen molar-refractivity contribution in [3.63, 3.8) is 0 Å². The maximum atomic E-state index is 10.3. The van der Waals surface area contributed by atoms with Crippen LogP contribution in [-0.2, 0) is 0 Å². The summed E-state index contributed by atoms with van der Waals surface area (Å²) < 4.78 is 0. The Balaban J connectivity index is 2.02. The summed E-state index contributed by atoms with van der Waals surface area (Å²) in [5.74, 6) is 1.30. The quantitative estimate of drug-likeness (QED) is 0.837. The summed E-state index contributed by atoms with van der Waals surface area (Å²) in [4.78, 5) is 5.28. The first-order valence-electron chi connectivity index (χ1n) is 5.76. The molecule has 15 heavy (non-hydrogen) atoms. The fourth-order valence-corrected chi connectivity index (χ4v) is 3.29. The van der Waals surface area contributed by atoms with E-state index in [0.29, 0.717) is 5.92 Å². The van der Waals surface area contributed by atoms with Crippen LogP contribution in [0.15, 0.2) is 5.51 Å². The van der Waals surface area contributed by atoms with Crippen molar-refractivity contribution < 1.29 is 5.11 Å². The number of aromatic nitrogens is 1. The van der Waals surface area contributed by atoms with Crippen molar-refractivity contribution in [3.05, 3.63) is 16.1 Å². The van der Waals surface area contributed by atoms with Crippen molar-refractivity contribution in [2.75, 3.05) is 0 Å². The highest BCUT2D eigenvalue weighted by Crippen LogP contribution is 2.38. The number of nitrogens with zero attached hydrogens (tertiary/aromatic N) is 1. The van der Waals surface area contributed by atoms with E-state index in [2.05, 4.69) is 11.9 Å².